The van der Waals surface area contributed by atoms with Gasteiger partial charge in [-0.25, -0.2) is 0 Å². The van der Waals surface area contributed by atoms with Crippen molar-refractivity contribution in [2.24, 2.45) is 0 Å². The van der Waals surface area contributed by atoms with Gasteiger partial charge in [0.05, 0.1) is 14.2 Å². The first kappa shape index (κ1) is 18.3. The average molecular weight is 357 g/mol. The Kier molecular flexibility index (Phi) is 8.82. The van der Waals surface area contributed by atoms with Crippen LogP contribution in [0.2, 0.25) is 0 Å². The monoisotopic (exact) mass is 356 g/mol. The molecule has 3 heteroatoms. The summed E-state index contributed by atoms with van der Waals surface area (Å²) in [5, 5.41) is 0. The predicted molar refractivity (Wildman–Crippen MR) is 93.9 cm³/mol. The molecule has 0 saturated heterocycles. The lowest BCUT2D eigenvalue weighted by Crippen LogP contribution is -1.98. The van der Waals surface area contributed by atoms with Gasteiger partial charge in [0, 0.05) is 4.83 Å². The van der Waals surface area contributed by atoms with Crippen LogP contribution in [-0.2, 0) is 0 Å². The summed E-state index contributed by atoms with van der Waals surface area (Å²) >= 11 is 3.83. The summed E-state index contributed by atoms with van der Waals surface area (Å²) in [6.07, 6.45) is 9.18. The van der Waals surface area contributed by atoms with Crippen molar-refractivity contribution in [3.8, 4) is 11.5 Å². The maximum absolute atomic E-state index is 5.41. The molecule has 0 aliphatic carbocycles. The Morgan fingerprint density at radius 3 is 2.14 bits per heavy atom. The van der Waals surface area contributed by atoms with E-state index in [0.29, 0.717) is 4.83 Å². The van der Waals surface area contributed by atoms with Gasteiger partial charge in [0.25, 0.3) is 0 Å². The van der Waals surface area contributed by atoms with E-state index in [1.54, 1.807) is 14.2 Å². The molecule has 0 aromatic heterocycles. The lowest BCUT2D eigenvalue weighted by atomic mass is 10.00. The molecule has 1 rings (SSSR count). The molecule has 0 fully saturated rings. The van der Waals surface area contributed by atoms with Crippen molar-refractivity contribution in [3.05, 3.63) is 23.3 Å². The molecule has 0 saturated carbocycles. The first-order valence-electron chi connectivity index (χ1n) is 8.00. The summed E-state index contributed by atoms with van der Waals surface area (Å²) in [6, 6.07) is 4.16. The summed E-state index contributed by atoms with van der Waals surface area (Å²) in [6.45, 7) is 4.39. The van der Waals surface area contributed by atoms with Crippen LogP contribution in [-0.4, -0.2) is 14.2 Å². The van der Waals surface area contributed by atoms with E-state index in [0.717, 1.165) is 11.5 Å². The van der Waals surface area contributed by atoms with Gasteiger partial charge in [0.1, 0.15) is 0 Å². The predicted octanol–water partition coefficient (Wildman–Crippen LogP) is 6.20. The van der Waals surface area contributed by atoms with Gasteiger partial charge in [-0.1, -0.05) is 61.4 Å². The van der Waals surface area contributed by atoms with Crippen LogP contribution in [0.4, 0.5) is 0 Å². The van der Waals surface area contributed by atoms with E-state index in [9.17, 15) is 0 Å². The van der Waals surface area contributed by atoms with Crippen LogP contribution < -0.4 is 9.47 Å². The standard InChI is InChI=1S/C18H29BrO2/c1-5-6-7-8-9-10-11-16(19)15-13-18(21-4)17(20-3)12-14(15)2/h12-13,16H,5-11H2,1-4H3. The van der Waals surface area contributed by atoms with Crippen LogP contribution in [0.5, 0.6) is 11.5 Å². The Morgan fingerprint density at radius 1 is 0.952 bits per heavy atom. The molecular formula is C18H29BrO2. The average Bonchev–Trinajstić information content (AvgIpc) is 2.50. The molecule has 1 unspecified atom stereocenters. The van der Waals surface area contributed by atoms with Gasteiger partial charge in [-0.3, -0.25) is 0 Å². The van der Waals surface area contributed by atoms with Crippen LogP contribution in [0.3, 0.4) is 0 Å². The fourth-order valence-corrected chi connectivity index (χ4v) is 3.41. The largest absolute Gasteiger partial charge is 0.493 e. The normalized spacial score (nSPS) is 12.2. The lowest BCUT2D eigenvalue weighted by Gasteiger charge is -2.17. The second kappa shape index (κ2) is 10.1. The molecular weight excluding hydrogens is 328 g/mol. The van der Waals surface area contributed by atoms with Crippen LogP contribution >= 0.6 is 15.9 Å². The molecule has 0 N–H and O–H groups in total. The molecule has 2 nitrogen and oxygen atoms in total. The Bertz CT molecular complexity index is 418. The Hall–Kier alpha value is -0.700. The van der Waals surface area contributed by atoms with E-state index >= 15 is 0 Å². The van der Waals surface area contributed by atoms with E-state index in [4.69, 9.17) is 9.47 Å². The molecule has 0 spiro atoms. The highest BCUT2D eigenvalue weighted by atomic mass is 79.9. The van der Waals surface area contributed by atoms with Gasteiger partial charge in [0.15, 0.2) is 11.5 Å². The zero-order valence-electron chi connectivity index (χ0n) is 13.9. The maximum Gasteiger partial charge on any atom is 0.161 e. The van der Waals surface area contributed by atoms with Crippen molar-refractivity contribution < 1.29 is 9.47 Å². The highest BCUT2D eigenvalue weighted by Gasteiger charge is 2.14. The lowest BCUT2D eigenvalue weighted by molar-refractivity contribution is 0.354. The number of hydrogen-bond acceptors (Lipinski definition) is 2. The summed E-state index contributed by atoms with van der Waals surface area (Å²) in [7, 11) is 3.37. The summed E-state index contributed by atoms with van der Waals surface area (Å²) in [4.78, 5) is 0.392. The molecule has 1 aromatic carbocycles. The highest BCUT2D eigenvalue weighted by molar-refractivity contribution is 9.09. The van der Waals surface area contributed by atoms with Crippen molar-refractivity contribution in [1.29, 1.82) is 0 Å². The van der Waals surface area contributed by atoms with E-state index in [1.807, 2.05) is 0 Å². The van der Waals surface area contributed by atoms with Gasteiger partial charge in [-0.2, -0.15) is 0 Å². The zero-order valence-corrected chi connectivity index (χ0v) is 15.5. The topological polar surface area (TPSA) is 18.5 Å². The van der Waals surface area contributed by atoms with Gasteiger partial charge < -0.3 is 9.47 Å². The Morgan fingerprint density at radius 2 is 1.52 bits per heavy atom. The summed E-state index contributed by atoms with van der Waals surface area (Å²) in [5.74, 6) is 1.61. The first-order valence-corrected chi connectivity index (χ1v) is 8.92. The SMILES string of the molecule is CCCCCCCCC(Br)c1cc(OC)c(OC)cc1C. The molecule has 0 heterocycles. The first-order chi connectivity index (χ1) is 10.1. The van der Waals surface area contributed by atoms with E-state index < -0.39 is 0 Å². The number of unbranched alkanes of at least 4 members (excludes halogenated alkanes) is 5. The quantitative estimate of drug-likeness (QED) is 0.367. The molecule has 0 radical (unpaired) electrons. The van der Waals surface area contributed by atoms with E-state index in [-0.39, 0.29) is 0 Å². The fraction of sp³-hybridized carbons (Fsp3) is 0.667. The summed E-state index contributed by atoms with van der Waals surface area (Å²) in [5.41, 5.74) is 2.56. The number of hydrogen-bond donors (Lipinski definition) is 0. The van der Waals surface area contributed by atoms with Gasteiger partial charge in [-0.05, 0) is 36.6 Å². The van der Waals surface area contributed by atoms with Crippen molar-refractivity contribution in [1.82, 2.24) is 0 Å². The number of rotatable bonds is 10. The molecule has 0 aliphatic rings. The number of benzene rings is 1. The minimum Gasteiger partial charge on any atom is -0.493 e. The van der Waals surface area contributed by atoms with Crippen molar-refractivity contribution >= 4 is 15.9 Å². The molecule has 1 aromatic rings. The van der Waals surface area contributed by atoms with Gasteiger partial charge in [-0.15, -0.1) is 0 Å². The molecule has 0 amide bonds. The second-order valence-corrected chi connectivity index (χ2v) is 6.69. The number of halogens is 1. The minimum absolute atomic E-state index is 0.392. The van der Waals surface area contributed by atoms with Gasteiger partial charge >= 0.3 is 0 Å². The number of alkyl halides is 1. The molecule has 0 bridgehead atoms. The fourth-order valence-electron chi connectivity index (χ4n) is 2.59. The number of methoxy groups -OCH3 is 2. The van der Waals surface area contributed by atoms with Crippen LogP contribution in [0.25, 0.3) is 0 Å². The molecule has 0 aliphatic heterocycles. The van der Waals surface area contributed by atoms with Crippen molar-refractivity contribution in [2.45, 2.75) is 63.6 Å². The number of aryl methyl sites for hydroxylation is 1. The highest BCUT2D eigenvalue weighted by Crippen LogP contribution is 2.37. The van der Waals surface area contributed by atoms with Crippen LogP contribution in [0, 0.1) is 6.92 Å². The third kappa shape index (κ3) is 5.90. The second-order valence-electron chi connectivity index (χ2n) is 5.59. The maximum atomic E-state index is 5.41. The van der Waals surface area contributed by atoms with Crippen molar-refractivity contribution in [2.75, 3.05) is 14.2 Å². The third-order valence-electron chi connectivity index (χ3n) is 3.92. The van der Waals surface area contributed by atoms with Gasteiger partial charge in [0.2, 0.25) is 0 Å². The molecule has 21 heavy (non-hydrogen) atoms. The molecule has 120 valence electrons. The van der Waals surface area contributed by atoms with Crippen LogP contribution in [0.1, 0.15) is 67.8 Å². The zero-order chi connectivity index (χ0) is 15.7. The minimum atomic E-state index is 0.392. The number of ether oxygens (including phenoxy) is 2. The van der Waals surface area contributed by atoms with E-state index in [2.05, 4.69) is 41.9 Å². The third-order valence-corrected chi connectivity index (χ3v) is 4.87. The Balaban J connectivity index is 2.55. The van der Waals surface area contributed by atoms with Crippen LogP contribution in [0.15, 0.2) is 12.1 Å². The smallest absolute Gasteiger partial charge is 0.161 e. The summed E-state index contributed by atoms with van der Waals surface area (Å²) < 4.78 is 10.8. The van der Waals surface area contributed by atoms with E-state index in [1.165, 1.54) is 56.1 Å². The molecule has 1 atom stereocenters. The Labute approximate surface area is 138 Å². The van der Waals surface area contributed by atoms with Crippen molar-refractivity contribution in [3.63, 3.8) is 0 Å².